The van der Waals surface area contributed by atoms with Gasteiger partial charge in [0.2, 0.25) is 0 Å². The molecule has 0 fully saturated rings. The molecule has 0 atom stereocenters. The molecule has 2 aromatic rings. The van der Waals surface area contributed by atoms with Gasteiger partial charge in [0, 0.05) is 11.8 Å². The van der Waals surface area contributed by atoms with Crippen molar-refractivity contribution in [2.45, 2.75) is 11.8 Å². The van der Waals surface area contributed by atoms with Gasteiger partial charge in [0.25, 0.3) is 0 Å². The highest BCUT2D eigenvalue weighted by atomic mass is 32.1. The van der Waals surface area contributed by atoms with Crippen molar-refractivity contribution in [3.63, 3.8) is 0 Å². The maximum Gasteiger partial charge on any atom is 0.192 e. The van der Waals surface area contributed by atoms with Crippen LogP contribution in [0.25, 0.3) is 11.1 Å². The first-order valence-electron chi connectivity index (χ1n) is 3.32. The molecule has 0 bridgehead atoms. The number of nitrogens with zero attached hydrogens (tertiary/aromatic N) is 1. The van der Waals surface area contributed by atoms with Crippen LogP contribution in [0.1, 0.15) is 5.89 Å². The number of aryl methyl sites for hydroxylation is 1. The molecule has 0 radical (unpaired) electrons. The molecule has 11 heavy (non-hydrogen) atoms. The Balaban J connectivity index is 2.82. The Hall–Kier alpha value is -0.960. The highest BCUT2D eigenvalue weighted by Crippen LogP contribution is 2.18. The Morgan fingerprint density at radius 1 is 1.45 bits per heavy atom. The van der Waals surface area contributed by atoms with Crippen molar-refractivity contribution < 1.29 is 4.42 Å². The predicted octanol–water partition coefficient (Wildman–Crippen LogP) is 2.42. The van der Waals surface area contributed by atoms with Crippen molar-refractivity contribution in [2.24, 2.45) is 0 Å². The third-order valence-electron chi connectivity index (χ3n) is 1.48. The van der Waals surface area contributed by atoms with Crippen LogP contribution in [0, 0.1) is 6.92 Å². The van der Waals surface area contributed by atoms with Gasteiger partial charge in [-0.1, -0.05) is 0 Å². The lowest BCUT2D eigenvalue weighted by Gasteiger charge is -1.86. The number of hydrogen-bond donors (Lipinski definition) is 1. The number of hydrogen-bond acceptors (Lipinski definition) is 3. The van der Waals surface area contributed by atoms with E-state index in [1.54, 1.807) is 0 Å². The van der Waals surface area contributed by atoms with Gasteiger partial charge in [-0.25, -0.2) is 4.98 Å². The van der Waals surface area contributed by atoms with Crippen LogP contribution < -0.4 is 0 Å². The normalized spacial score (nSPS) is 10.7. The lowest BCUT2D eigenvalue weighted by Crippen LogP contribution is -1.67. The van der Waals surface area contributed by atoms with Crippen molar-refractivity contribution in [3.05, 3.63) is 24.1 Å². The zero-order chi connectivity index (χ0) is 7.84. The largest absolute Gasteiger partial charge is 0.441 e. The van der Waals surface area contributed by atoms with Gasteiger partial charge in [-0.3, -0.25) is 0 Å². The van der Waals surface area contributed by atoms with Crippen LogP contribution in [-0.2, 0) is 0 Å². The molecule has 0 saturated carbocycles. The summed E-state index contributed by atoms with van der Waals surface area (Å²) in [6, 6.07) is 5.65. The molecule has 0 N–H and O–H groups in total. The monoisotopic (exact) mass is 165 g/mol. The quantitative estimate of drug-likeness (QED) is 0.607. The van der Waals surface area contributed by atoms with E-state index in [1.807, 2.05) is 25.1 Å². The van der Waals surface area contributed by atoms with Gasteiger partial charge < -0.3 is 4.42 Å². The molecule has 1 aromatic heterocycles. The average molecular weight is 165 g/mol. The lowest BCUT2D eigenvalue weighted by atomic mass is 10.3. The van der Waals surface area contributed by atoms with Gasteiger partial charge in [0.15, 0.2) is 11.5 Å². The van der Waals surface area contributed by atoms with E-state index in [1.165, 1.54) is 0 Å². The molecule has 56 valence electrons. The predicted molar refractivity (Wildman–Crippen MR) is 46.0 cm³/mol. The Kier molecular flexibility index (Phi) is 1.39. The highest BCUT2D eigenvalue weighted by Gasteiger charge is 2.00. The summed E-state index contributed by atoms with van der Waals surface area (Å²) < 4.78 is 5.29. The molecule has 2 nitrogen and oxygen atoms in total. The number of fused-ring (bicyclic) bond motifs is 1. The second-order valence-corrected chi connectivity index (χ2v) is 2.90. The summed E-state index contributed by atoms with van der Waals surface area (Å²) in [5.41, 5.74) is 1.69. The maximum absolute atomic E-state index is 5.29. The van der Waals surface area contributed by atoms with Crippen molar-refractivity contribution >= 4 is 23.7 Å². The van der Waals surface area contributed by atoms with Crippen molar-refractivity contribution in [3.8, 4) is 0 Å². The Labute approximate surface area is 69.6 Å². The summed E-state index contributed by atoms with van der Waals surface area (Å²) in [5.74, 6) is 0.693. The molecule has 0 saturated heterocycles. The van der Waals surface area contributed by atoms with E-state index in [4.69, 9.17) is 4.42 Å². The molecule has 0 spiro atoms. The van der Waals surface area contributed by atoms with Gasteiger partial charge in [-0.05, 0) is 18.2 Å². The standard InChI is InChI=1S/C8H7NOS/c1-5-9-7-3-2-6(11)4-8(7)10-5/h2-4,11H,1H3. The van der Waals surface area contributed by atoms with Gasteiger partial charge in [-0.15, -0.1) is 12.6 Å². The minimum absolute atomic E-state index is 0.693. The summed E-state index contributed by atoms with van der Waals surface area (Å²) in [6.07, 6.45) is 0. The van der Waals surface area contributed by atoms with E-state index in [-0.39, 0.29) is 0 Å². The summed E-state index contributed by atoms with van der Waals surface area (Å²) in [6.45, 7) is 1.83. The van der Waals surface area contributed by atoms with E-state index in [0.29, 0.717) is 5.89 Å². The van der Waals surface area contributed by atoms with E-state index in [0.717, 1.165) is 16.0 Å². The molecule has 1 heterocycles. The summed E-state index contributed by atoms with van der Waals surface area (Å²) >= 11 is 4.18. The molecule has 0 amide bonds. The van der Waals surface area contributed by atoms with Crippen LogP contribution in [0.2, 0.25) is 0 Å². The lowest BCUT2D eigenvalue weighted by molar-refractivity contribution is 0.560. The fourth-order valence-corrected chi connectivity index (χ4v) is 1.22. The van der Waals surface area contributed by atoms with Crippen molar-refractivity contribution in [1.82, 2.24) is 4.98 Å². The highest BCUT2D eigenvalue weighted by molar-refractivity contribution is 7.80. The Morgan fingerprint density at radius 3 is 3.09 bits per heavy atom. The first kappa shape index (κ1) is 6.73. The zero-order valence-corrected chi connectivity index (χ0v) is 6.93. The summed E-state index contributed by atoms with van der Waals surface area (Å²) in [5, 5.41) is 0. The molecule has 2 rings (SSSR count). The fourth-order valence-electron chi connectivity index (χ4n) is 1.03. The molecular formula is C8H7NOS. The van der Waals surface area contributed by atoms with Crippen LogP contribution in [-0.4, -0.2) is 4.98 Å². The first-order chi connectivity index (χ1) is 5.25. The molecule has 0 aliphatic carbocycles. The molecular weight excluding hydrogens is 158 g/mol. The Morgan fingerprint density at radius 2 is 2.27 bits per heavy atom. The van der Waals surface area contributed by atoms with Crippen molar-refractivity contribution in [1.29, 1.82) is 0 Å². The molecule has 1 aromatic carbocycles. The minimum atomic E-state index is 0.693. The third-order valence-corrected chi connectivity index (χ3v) is 1.76. The number of benzene rings is 1. The number of thiol groups is 1. The van der Waals surface area contributed by atoms with Crippen LogP contribution in [0.4, 0.5) is 0 Å². The van der Waals surface area contributed by atoms with Crippen LogP contribution in [0.3, 0.4) is 0 Å². The maximum atomic E-state index is 5.29. The summed E-state index contributed by atoms with van der Waals surface area (Å²) in [7, 11) is 0. The van der Waals surface area contributed by atoms with Gasteiger partial charge in [0.05, 0.1) is 0 Å². The number of rotatable bonds is 0. The van der Waals surface area contributed by atoms with Gasteiger partial charge in [-0.2, -0.15) is 0 Å². The van der Waals surface area contributed by atoms with Gasteiger partial charge >= 0.3 is 0 Å². The van der Waals surface area contributed by atoms with E-state index in [9.17, 15) is 0 Å². The molecule has 0 unspecified atom stereocenters. The van der Waals surface area contributed by atoms with Crippen molar-refractivity contribution in [2.75, 3.05) is 0 Å². The van der Waals surface area contributed by atoms with Crippen LogP contribution >= 0.6 is 12.6 Å². The van der Waals surface area contributed by atoms with Gasteiger partial charge in [0.1, 0.15) is 5.52 Å². The topological polar surface area (TPSA) is 26.0 Å². The fraction of sp³-hybridized carbons (Fsp3) is 0.125. The number of oxazole rings is 1. The first-order valence-corrected chi connectivity index (χ1v) is 3.76. The molecule has 0 aliphatic heterocycles. The summed E-state index contributed by atoms with van der Waals surface area (Å²) in [4.78, 5) is 5.05. The second kappa shape index (κ2) is 2.27. The van der Waals surface area contributed by atoms with E-state index in [2.05, 4.69) is 17.6 Å². The third kappa shape index (κ3) is 1.12. The van der Waals surface area contributed by atoms with Crippen LogP contribution in [0.15, 0.2) is 27.5 Å². The minimum Gasteiger partial charge on any atom is -0.441 e. The van der Waals surface area contributed by atoms with Crippen LogP contribution in [0.5, 0.6) is 0 Å². The zero-order valence-electron chi connectivity index (χ0n) is 6.03. The SMILES string of the molecule is Cc1nc2ccc(S)cc2o1. The van der Waals surface area contributed by atoms with E-state index >= 15 is 0 Å². The molecule has 0 aliphatic rings. The number of aromatic nitrogens is 1. The second-order valence-electron chi connectivity index (χ2n) is 2.38. The Bertz CT molecular complexity index is 394. The smallest absolute Gasteiger partial charge is 0.192 e. The average Bonchev–Trinajstić information content (AvgIpc) is 2.27. The van der Waals surface area contributed by atoms with E-state index < -0.39 is 0 Å². The molecule has 3 heteroatoms.